The quantitative estimate of drug-likeness (QED) is 0.148. The Kier molecular flexibility index (Phi) is 8.98. The van der Waals surface area contributed by atoms with E-state index in [0.717, 1.165) is 17.1 Å². The maximum atomic E-state index is 2.50. The molecule has 0 unspecified atom stereocenters. The highest BCUT2D eigenvalue weighted by Crippen LogP contribution is 2.57. The first-order chi connectivity index (χ1) is 31.3. The molecule has 1 nitrogen and oxygen atoms in total. The van der Waals surface area contributed by atoms with Gasteiger partial charge in [0.05, 0.1) is 11.1 Å². The van der Waals surface area contributed by atoms with E-state index in [4.69, 9.17) is 0 Å². The van der Waals surface area contributed by atoms with Crippen LogP contribution in [0.5, 0.6) is 0 Å². The molecule has 2 heteroatoms. The molecule has 0 atom stereocenters. The lowest BCUT2D eigenvalue weighted by Gasteiger charge is -2.35. The van der Waals surface area contributed by atoms with Gasteiger partial charge in [0, 0.05) is 37.1 Å². The maximum Gasteiger partial charge on any atom is 0.0714 e. The van der Waals surface area contributed by atoms with Crippen LogP contribution in [0.25, 0.3) is 64.7 Å². The summed E-state index contributed by atoms with van der Waals surface area (Å²) in [4.78, 5) is 2.50. The summed E-state index contributed by atoms with van der Waals surface area (Å²) < 4.78 is 2.56. The Balaban J connectivity index is 1.15. The van der Waals surface area contributed by atoms with Gasteiger partial charge in [0.2, 0.25) is 0 Å². The highest BCUT2D eigenvalue weighted by molar-refractivity contribution is 7.26. The third kappa shape index (κ3) is 6.06. The van der Waals surface area contributed by atoms with E-state index < -0.39 is 5.41 Å². The van der Waals surface area contributed by atoms with Gasteiger partial charge in [-0.3, -0.25) is 0 Å². The van der Waals surface area contributed by atoms with E-state index in [1.165, 1.54) is 86.9 Å². The number of benzene rings is 10. The van der Waals surface area contributed by atoms with Gasteiger partial charge in [0.25, 0.3) is 0 Å². The Morgan fingerprint density at radius 3 is 1.59 bits per heavy atom. The summed E-state index contributed by atoms with van der Waals surface area (Å²) in [7, 11) is 0. The zero-order chi connectivity index (χ0) is 41.7. The molecule has 1 heterocycles. The van der Waals surface area contributed by atoms with Crippen molar-refractivity contribution in [3.63, 3.8) is 0 Å². The second kappa shape index (κ2) is 15.3. The minimum Gasteiger partial charge on any atom is -0.310 e. The molecule has 296 valence electrons. The lowest BCUT2D eigenvalue weighted by atomic mass is 9.67. The van der Waals surface area contributed by atoms with Gasteiger partial charge in [-0.05, 0) is 110 Å². The molecule has 63 heavy (non-hydrogen) atoms. The van der Waals surface area contributed by atoms with E-state index in [2.05, 4.69) is 254 Å². The summed E-state index contributed by atoms with van der Waals surface area (Å²) in [5.74, 6) is 0. The van der Waals surface area contributed by atoms with Crippen molar-refractivity contribution < 1.29 is 0 Å². The van der Waals surface area contributed by atoms with Crippen molar-refractivity contribution in [3.8, 4) is 44.5 Å². The summed E-state index contributed by atoms with van der Waals surface area (Å²) in [5.41, 5.74) is 17.6. The molecule has 1 aromatic heterocycles. The number of hydrogen-bond donors (Lipinski definition) is 0. The fourth-order valence-corrected chi connectivity index (χ4v) is 11.3. The monoisotopic (exact) mass is 819 g/mol. The van der Waals surface area contributed by atoms with Crippen molar-refractivity contribution in [2.45, 2.75) is 5.41 Å². The summed E-state index contributed by atoms with van der Waals surface area (Å²) >= 11 is 1.87. The first kappa shape index (κ1) is 37.0. The SMILES string of the molecule is c1ccc(-c2ccc(N(c3cccc(C4(c5ccccc5)c5ccccc5-c5ccccc54)c3)c3ccc4sc5ccccc5c4c3-c3cccc(-c4ccccc4)c3)cc2)cc1. The Morgan fingerprint density at radius 1 is 0.333 bits per heavy atom. The Labute approximate surface area is 372 Å². The predicted molar refractivity (Wildman–Crippen MR) is 268 cm³/mol. The number of fused-ring (bicyclic) bond motifs is 6. The lowest BCUT2D eigenvalue weighted by molar-refractivity contribution is 0.768. The van der Waals surface area contributed by atoms with Crippen LogP contribution in [0.15, 0.2) is 249 Å². The molecule has 0 saturated carbocycles. The molecule has 0 N–H and O–H groups in total. The van der Waals surface area contributed by atoms with Crippen LogP contribution in [0.1, 0.15) is 22.3 Å². The fourth-order valence-electron chi connectivity index (χ4n) is 10.2. The number of nitrogens with zero attached hydrogens (tertiary/aromatic N) is 1. The van der Waals surface area contributed by atoms with E-state index in [0.29, 0.717) is 0 Å². The van der Waals surface area contributed by atoms with E-state index in [1.807, 2.05) is 11.3 Å². The average Bonchev–Trinajstić information content (AvgIpc) is 3.89. The van der Waals surface area contributed by atoms with Crippen LogP contribution in [0, 0.1) is 0 Å². The Morgan fingerprint density at radius 2 is 0.873 bits per heavy atom. The van der Waals surface area contributed by atoms with Gasteiger partial charge in [-0.15, -0.1) is 11.3 Å². The molecule has 10 aromatic carbocycles. The summed E-state index contributed by atoms with van der Waals surface area (Å²) in [5, 5.41) is 2.55. The van der Waals surface area contributed by atoms with Gasteiger partial charge in [-0.25, -0.2) is 0 Å². The van der Waals surface area contributed by atoms with Crippen molar-refractivity contribution in [1.82, 2.24) is 0 Å². The van der Waals surface area contributed by atoms with Crippen molar-refractivity contribution in [2.75, 3.05) is 4.90 Å². The molecule has 1 aliphatic carbocycles. The second-order valence-corrected chi connectivity index (χ2v) is 17.5. The summed E-state index contributed by atoms with van der Waals surface area (Å²) in [6, 6.07) is 91.7. The first-order valence-electron chi connectivity index (χ1n) is 21.7. The van der Waals surface area contributed by atoms with Gasteiger partial charge in [0.1, 0.15) is 0 Å². The van der Waals surface area contributed by atoms with Crippen molar-refractivity contribution in [2.24, 2.45) is 0 Å². The Bertz CT molecular complexity index is 3400. The third-order valence-corrected chi connectivity index (χ3v) is 14.1. The molecular weight excluding hydrogens is 779 g/mol. The van der Waals surface area contributed by atoms with Gasteiger partial charge in [-0.2, -0.15) is 0 Å². The summed E-state index contributed by atoms with van der Waals surface area (Å²) in [6.07, 6.45) is 0. The van der Waals surface area contributed by atoms with E-state index in [1.54, 1.807) is 0 Å². The zero-order valence-corrected chi connectivity index (χ0v) is 35.3. The average molecular weight is 820 g/mol. The molecular formula is C61H41NS. The van der Waals surface area contributed by atoms with Gasteiger partial charge in [-0.1, -0.05) is 200 Å². The zero-order valence-electron chi connectivity index (χ0n) is 34.5. The lowest BCUT2D eigenvalue weighted by Crippen LogP contribution is -2.28. The smallest absolute Gasteiger partial charge is 0.0714 e. The Hall–Kier alpha value is -7.78. The minimum atomic E-state index is -0.534. The molecule has 0 amide bonds. The van der Waals surface area contributed by atoms with Crippen LogP contribution in [0.2, 0.25) is 0 Å². The molecule has 0 radical (unpaired) electrons. The number of hydrogen-bond acceptors (Lipinski definition) is 2. The number of anilines is 3. The van der Waals surface area contributed by atoms with Crippen LogP contribution in [0.4, 0.5) is 17.1 Å². The van der Waals surface area contributed by atoms with E-state index in [-0.39, 0.29) is 0 Å². The van der Waals surface area contributed by atoms with E-state index in [9.17, 15) is 0 Å². The molecule has 0 fully saturated rings. The van der Waals surface area contributed by atoms with Crippen molar-refractivity contribution in [1.29, 1.82) is 0 Å². The molecule has 11 aromatic rings. The van der Waals surface area contributed by atoms with Crippen LogP contribution in [0.3, 0.4) is 0 Å². The van der Waals surface area contributed by atoms with Crippen molar-refractivity contribution in [3.05, 3.63) is 271 Å². The highest BCUT2D eigenvalue weighted by atomic mass is 32.1. The maximum absolute atomic E-state index is 2.50. The topological polar surface area (TPSA) is 3.24 Å². The third-order valence-electron chi connectivity index (χ3n) is 12.9. The van der Waals surface area contributed by atoms with Gasteiger partial charge in [0.15, 0.2) is 0 Å². The van der Waals surface area contributed by atoms with Crippen LogP contribution in [-0.4, -0.2) is 0 Å². The van der Waals surface area contributed by atoms with Crippen LogP contribution < -0.4 is 4.90 Å². The molecule has 12 rings (SSSR count). The second-order valence-electron chi connectivity index (χ2n) is 16.4. The standard InChI is InChI=1S/C61H41NS/c1-4-18-42(19-5-1)44-34-36-49(37-35-44)62(50-27-17-26-48(41-50)61(47-24-8-3-9-25-47)54-31-13-10-28-51(54)52-29-11-14-32-55(52)61)56-38-39-58-60(53-30-12-15-33-57(53)63-58)59(56)46-23-16-22-45(40-46)43-20-6-2-7-21-43/h1-41H. The number of thiophene rings is 1. The predicted octanol–water partition coefficient (Wildman–Crippen LogP) is 16.9. The fraction of sp³-hybridized carbons (Fsp3) is 0.0164. The van der Waals surface area contributed by atoms with Crippen LogP contribution >= 0.6 is 11.3 Å². The molecule has 0 aliphatic heterocycles. The number of rotatable bonds is 8. The first-order valence-corrected chi connectivity index (χ1v) is 22.5. The molecule has 0 bridgehead atoms. The molecule has 0 saturated heterocycles. The van der Waals surface area contributed by atoms with Crippen LogP contribution in [-0.2, 0) is 5.41 Å². The van der Waals surface area contributed by atoms with E-state index >= 15 is 0 Å². The largest absolute Gasteiger partial charge is 0.310 e. The van der Waals surface area contributed by atoms with Crippen molar-refractivity contribution >= 4 is 48.6 Å². The molecule has 0 spiro atoms. The normalized spacial score (nSPS) is 12.6. The summed E-state index contributed by atoms with van der Waals surface area (Å²) in [6.45, 7) is 0. The highest BCUT2D eigenvalue weighted by Gasteiger charge is 2.46. The van der Waals surface area contributed by atoms with Gasteiger partial charge >= 0.3 is 0 Å². The van der Waals surface area contributed by atoms with Gasteiger partial charge < -0.3 is 4.90 Å². The minimum absolute atomic E-state index is 0.534. The molecule has 1 aliphatic rings.